The molecular formula is C21H17F3N4O. The van der Waals surface area contributed by atoms with Gasteiger partial charge in [-0.1, -0.05) is 36.4 Å². The van der Waals surface area contributed by atoms with Crippen molar-refractivity contribution in [2.45, 2.75) is 19.1 Å². The van der Waals surface area contributed by atoms with E-state index in [4.69, 9.17) is 5.73 Å². The molecule has 5 nitrogen and oxygen atoms in total. The molecule has 2 N–H and O–H groups in total. The average molecular weight is 398 g/mol. The number of amides is 1. The molecule has 0 fully saturated rings. The predicted molar refractivity (Wildman–Crippen MR) is 102 cm³/mol. The van der Waals surface area contributed by atoms with Crippen molar-refractivity contribution >= 4 is 11.9 Å². The second-order valence-electron chi connectivity index (χ2n) is 6.82. The maximum Gasteiger partial charge on any atom is 0.416 e. The van der Waals surface area contributed by atoms with E-state index in [9.17, 15) is 18.0 Å². The number of fused-ring (bicyclic) bond motifs is 1. The molecule has 1 aliphatic heterocycles. The third-order valence-electron chi connectivity index (χ3n) is 4.89. The van der Waals surface area contributed by atoms with Gasteiger partial charge in [0.15, 0.2) is 0 Å². The summed E-state index contributed by atoms with van der Waals surface area (Å²) in [6.07, 6.45) is -3.62. The summed E-state index contributed by atoms with van der Waals surface area (Å²) in [6, 6.07) is 14.1. The smallest absolute Gasteiger partial charge is 0.364 e. The van der Waals surface area contributed by atoms with Crippen LogP contribution < -0.4 is 10.6 Å². The number of primary amides is 1. The van der Waals surface area contributed by atoms with Crippen LogP contribution >= 0.6 is 0 Å². The van der Waals surface area contributed by atoms with Crippen molar-refractivity contribution in [2.24, 2.45) is 5.73 Å². The van der Waals surface area contributed by atoms with E-state index in [1.54, 1.807) is 0 Å². The summed E-state index contributed by atoms with van der Waals surface area (Å²) in [7, 11) is 0. The maximum atomic E-state index is 12.8. The fourth-order valence-electron chi connectivity index (χ4n) is 3.35. The Hall–Kier alpha value is -3.42. The molecule has 3 aromatic rings. The molecule has 8 heteroatoms. The number of alkyl halides is 3. The Labute approximate surface area is 165 Å². The molecule has 0 saturated heterocycles. The van der Waals surface area contributed by atoms with Crippen LogP contribution in [0.3, 0.4) is 0 Å². The highest BCUT2D eigenvalue weighted by Crippen LogP contribution is 2.31. The molecule has 4 rings (SSSR count). The summed E-state index contributed by atoms with van der Waals surface area (Å²) in [5.74, 6) is -0.398. The number of nitrogens with zero attached hydrogens (tertiary/aromatic N) is 3. The molecule has 0 unspecified atom stereocenters. The molecule has 148 valence electrons. The van der Waals surface area contributed by atoms with E-state index >= 15 is 0 Å². The van der Waals surface area contributed by atoms with Gasteiger partial charge in [-0.25, -0.2) is 9.97 Å². The number of rotatable bonds is 3. The van der Waals surface area contributed by atoms with Crippen molar-refractivity contribution in [2.75, 3.05) is 11.4 Å². The average Bonchev–Trinajstić information content (AvgIpc) is 2.72. The molecule has 0 saturated carbocycles. The lowest BCUT2D eigenvalue weighted by molar-refractivity contribution is -0.137. The quantitative estimate of drug-likeness (QED) is 0.728. The molecule has 0 bridgehead atoms. The second-order valence-corrected chi connectivity index (χ2v) is 6.82. The Bertz CT molecular complexity index is 1060. The number of halogens is 3. The van der Waals surface area contributed by atoms with Crippen LogP contribution in [-0.2, 0) is 19.1 Å². The van der Waals surface area contributed by atoms with Gasteiger partial charge >= 0.3 is 6.18 Å². The van der Waals surface area contributed by atoms with Crippen LogP contribution in [0.2, 0.25) is 0 Å². The van der Waals surface area contributed by atoms with Gasteiger partial charge in [-0.05, 0) is 35.7 Å². The molecule has 1 aliphatic rings. The number of nitrogens with two attached hydrogens (primary N) is 1. The van der Waals surface area contributed by atoms with Crippen molar-refractivity contribution in [1.82, 2.24) is 9.97 Å². The Morgan fingerprint density at radius 3 is 2.34 bits per heavy atom. The Balaban J connectivity index is 1.71. The number of anilines is 1. The maximum absolute atomic E-state index is 12.8. The van der Waals surface area contributed by atoms with E-state index in [2.05, 4.69) is 16.0 Å². The standard InChI is InChI=1S/C21H17F3N4O/c22-21(23,24)16-7-5-14(6-8-16)17-11-18(19(25)29)27-20(26-17)28-10-9-13-3-1-2-4-15(13)12-28/h1-8,11H,9-10,12H2,(H2,25,29). The highest BCUT2D eigenvalue weighted by molar-refractivity contribution is 5.92. The lowest BCUT2D eigenvalue weighted by Gasteiger charge is -2.29. The second kappa shape index (κ2) is 7.20. The van der Waals surface area contributed by atoms with Crippen LogP contribution in [0, 0.1) is 0 Å². The summed E-state index contributed by atoms with van der Waals surface area (Å²) >= 11 is 0. The number of hydrogen-bond donors (Lipinski definition) is 1. The van der Waals surface area contributed by atoms with Crippen molar-refractivity contribution in [3.05, 3.63) is 77.0 Å². The number of benzene rings is 2. The summed E-state index contributed by atoms with van der Waals surface area (Å²) in [5, 5.41) is 0. The van der Waals surface area contributed by atoms with E-state index in [-0.39, 0.29) is 5.69 Å². The van der Waals surface area contributed by atoms with E-state index in [0.717, 1.165) is 24.1 Å². The van der Waals surface area contributed by atoms with Gasteiger partial charge in [-0.15, -0.1) is 0 Å². The van der Waals surface area contributed by atoms with Crippen LogP contribution in [0.15, 0.2) is 54.6 Å². The SMILES string of the molecule is NC(=O)c1cc(-c2ccc(C(F)(F)F)cc2)nc(N2CCc3ccccc3C2)n1. The fraction of sp³-hybridized carbons (Fsp3) is 0.190. The minimum atomic E-state index is -4.42. The van der Waals surface area contributed by atoms with Crippen molar-refractivity contribution < 1.29 is 18.0 Å². The van der Waals surface area contributed by atoms with Crippen LogP contribution in [0.4, 0.5) is 19.1 Å². The predicted octanol–water partition coefficient (Wildman–Crippen LogP) is 3.82. The van der Waals surface area contributed by atoms with Gasteiger partial charge < -0.3 is 10.6 Å². The Morgan fingerprint density at radius 2 is 1.69 bits per heavy atom. The summed E-state index contributed by atoms with van der Waals surface area (Å²) < 4.78 is 38.5. The number of carbonyl (C=O) groups excluding carboxylic acids is 1. The normalized spacial score (nSPS) is 13.8. The number of hydrogen-bond acceptors (Lipinski definition) is 4. The zero-order valence-electron chi connectivity index (χ0n) is 15.3. The van der Waals surface area contributed by atoms with Gasteiger partial charge in [0.1, 0.15) is 5.69 Å². The first-order valence-electron chi connectivity index (χ1n) is 8.99. The molecule has 2 heterocycles. The van der Waals surface area contributed by atoms with Crippen molar-refractivity contribution in [1.29, 1.82) is 0 Å². The lowest BCUT2D eigenvalue weighted by Crippen LogP contribution is -2.32. The minimum Gasteiger partial charge on any atom is -0.364 e. The van der Waals surface area contributed by atoms with Gasteiger partial charge in [0.2, 0.25) is 5.95 Å². The molecule has 29 heavy (non-hydrogen) atoms. The molecule has 0 atom stereocenters. The molecule has 0 radical (unpaired) electrons. The van der Waals surface area contributed by atoms with E-state index in [0.29, 0.717) is 30.3 Å². The molecular weight excluding hydrogens is 381 g/mol. The molecule has 1 aromatic heterocycles. The topological polar surface area (TPSA) is 72.1 Å². The Kier molecular flexibility index (Phi) is 4.70. The van der Waals surface area contributed by atoms with Gasteiger partial charge in [-0.3, -0.25) is 4.79 Å². The van der Waals surface area contributed by atoms with Crippen LogP contribution in [0.5, 0.6) is 0 Å². The van der Waals surface area contributed by atoms with Gasteiger partial charge in [0.25, 0.3) is 5.91 Å². The first kappa shape index (κ1) is 18.9. The van der Waals surface area contributed by atoms with Gasteiger partial charge in [-0.2, -0.15) is 13.2 Å². The number of carbonyl (C=O) groups is 1. The third-order valence-corrected chi connectivity index (χ3v) is 4.89. The summed E-state index contributed by atoms with van der Waals surface area (Å²) in [5.41, 5.74) is 7.87. The monoisotopic (exact) mass is 398 g/mol. The van der Waals surface area contributed by atoms with E-state index in [1.165, 1.54) is 23.8 Å². The van der Waals surface area contributed by atoms with E-state index in [1.807, 2.05) is 23.1 Å². The van der Waals surface area contributed by atoms with Crippen molar-refractivity contribution in [3.8, 4) is 11.3 Å². The molecule has 2 aromatic carbocycles. The van der Waals surface area contributed by atoms with E-state index < -0.39 is 17.6 Å². The first-order chi connectivity index (χ1) is 13.8. The Morgan fingerprint density at radius 1 is 1.00 bits per heavy atom. The zero-order valence-corrected chi connectivity index (χ0v) is 15.3. The van der Waals surface area contributed by atoms with Gasteiger partial charge in [0, 0.05) is 18.7 Å². The third kappa shape index (κ3) is 3.91. The molecule has 0 spiro atoms. The summed E-state index contributed by atoms with van der Waals surface area (Å²) in [6.45, 7) is 1.23. The van der Waals surface area contributed by atoms with Gasteiger partial charge in [0.05, 0.1) is 11.3 Å². The highest BCUT2D eigenvalue weighted by atomic mass is 19.4. The largest absolute Gasteiger partial charge is 0.416 e. The summed E-state index contributed by atoms with van der Waals surface area (Å²) in [4.78, 5) is 22.5. The zero-order chi connectivity index (χ0) is 20.6. The fourth-order valence-corrected chi connectivity index (χ4v) is 3.35. The van der Waals surface area contributed by atoms with Crippen molar-refractivity contribution in [3.63, 3.8) is 0 Å². The minimum absolute atomic E-state index is 0.0174. The lowest BCUT2D eigenvalue weighted by atomic mass is 10.0. The van der Waals surface area contributed by atoms with Crippen LogP contribution in [0.25, 0.3) is 11.3 Å². The number of aromatic nitrogens is 2. The molecule has 1 amide bonds. The highest BCUT2D eigenvalue weighted by Gasteiger charge is 2.30. The van der Waals surface area contributed by atoms with Crippen LogP contribution in [0.1, 0.15) is 27.2 Å². The molecule has 0 aliphatic carbocycles. The van der Waals surface area contributed by atoms with Crippen LogP contribution in [-0.4, -0.2) is 22.4 Å². The first-order valence-corrected chi connectivity index (χ1v) is 8.99.